The summed E-state index contributed by atoms with van der Waals surface area (Å²) in [6.07, 6.45) is 1.49. The summed E-state index contributed by atoms with van der Waals surface area (Å²) in [5.74, 6) is 0.534. The van der Waals surface area contributed by atoms with Crippen LogP contribution in [0.5, 0.6) is 5.75 Å². The summed E-state index contributed by atoms with van der Waals surface area (Å²) >= 11 is 1.46. The number of nitriles is 1. The van der Waals surface area contributed by atoms with E-state index in [1.54, 1.807) is 16.7 Å². The largest absolute Gasteiger partial charge is 0.486 e. The summed E-state index contributed by atoms with van der Waals surface area (Å²) in [4.78, 5) is 4.43. The molecule has 0 radical (unpaired) electrons. The second-order valence-corrected chi connectivity index (χ2v) is 5.31. The molecule has 0 aliphatic rings. The Morgan fingerprint density at radius 1 is 1.32 bits per heavy atom. The van der Waals surface area contributed by atoms with E-state index >= 15 is 0 Å². The molecule has 3 rings (SSSR count). The molecule has 22 heavy (non-hydrogen) atoms. The Balaban J connectivity index is 1.62. The summed E-state index contributed by atoms with van der Waals surface area (Å²) in [6.45, 7) is 0.743. The standard InChI is InChI=1S/C14H10FN5OS/c15-10-1-3-12(4-2-10)21-7-14-18-11(8-22-14)6-20-9-17-19-13(20)5-16/h1-4,8-9H,6-7H2. The fourth-order valence-electron chi connectivity index (χ4n) is 1.80. The first kappa shape index (κ1) is 14.2. The molecule has 2 aromatic heterocycles. The average molecular weight is 315 g/mol. The van der Waals surface area contributed by atoms with Crippen LogP contribution in [0.1, 0.15) is 16.5 Å². The Bertz CT molecular complexity index is 805. The molecule has 1 aromatic carbocycles. The van der Waals surface area contributed by atoms with Gasteiger partial charge in [-0.05, 0) is 24.3 Å². The van der Waals surface area contributed by atoms with Crippen LogP contribution in [0.25, 0.3) is 0 Å². The van der Waals surface area contributed by atoms with Crippen molar-refractivity contribution in [2.45, 2.75) is 13.2 Å². The third-order valence-electron chi connectivity index (χ3n) is 2.82. The molecule has 2 heterocycles. The topological polar surface area (TPSA) is 76.6 Å². The van der Waals surface area contributed by atoms with Crippen LogP contribution in [0.2, 0.25) is 0 Å². The summed E-state index contributed by atoms with van der Waals surface area (Å²) in [5.41, 5.74) is 0.805. The summed E-state index contributed by atoms with van der Waals surface area (Å²) in [5, 5.41) is 19.0. The summed E-state index contributed by atoms with van der Waals surface area (Å²) in [7, 11) is 0. The quantitative estimate of drug-likeness (QED) is 0.722. The molecule has 8 heteroatoms. The minimum absolute atomic E-state index is 0.247. The van der Waals surface area contributed by atoms with Crippen LogP contribution in [-0.2, 0) is 13.2 Å². The Labute approximate surface area is 129 Å². The molecule has 0 bridgehead atoms. The number of ether oxygens (including phenoxy) is 1. The summed E-state index contributed by atoms with van der Waals surface area (Å²) in [6, 6.07) is 7.79. The molecule has 0 atom stereocenters. The average Bonchev–Trinajstić information content (AvgIpc) is 3.16. The molecule has 0 amide bonds. The van der Waals surface area contributed by atoms with Gasteiger partial charge in [0.1, 0.15) is 35.6 Å². The van der Waals surface area contributed by atoms with Crippen molar-refractivity contribution in [1.82, 2.24) is 19.7 Å². The highest BCUT2D eigenvalue weighted by atomic mass is 32.1. The first-order valence-corrected chi connectivity index (χ1v) is 7.22. The normalized spacial score (nSPS) is 10.4. The molecule has 0 spiro atoms. The van der Waals surface area contributed by atoms with E-state index in [0.717, 1.165) is 10.7 Å². The Kier molecular flexibility index (Phi) is 4.07. The highest BCUT2D eigenvalue weighted by Crippen LogP contribution is 2.16. The number of aromatic nitrogens is 4. The molecule has 0 saturated carbocycles. The van der Waals surface area contributed by atoms with E-state index < -0.39 is 0 Å². The van der Waals surface area contributed by atoms with E-state index in [1.807, 2.05) is 11.4 Å². The van der Waals surface area contributed by atoms with Crippen LogP contribution in [0.4, 0.5) is 4.39 Å². The van der Waals surface area contributed by atoms with Gasteiger partial charge in [0.2, 0.25) is 5.82 Å². The van der Waals surface area contributed by atoms with Crippen molar-refractivity contribution in [3.63, 3.8) is 0 Å². The number of hydrogen-bond acceptors (Lipinski definition) is 6. The van der Waals surface area contributed by atoms with Crippen molar-refractivity contribution in [2.75, 3.05) is 0 Å². The van der Waals surface area contributed by atoms with E-state index in [-0.39, 0.29) is 11.6 Å². The molecule has 0 unspecified atom stereocenters. The number of nitrogens with zero attached hydrogens (tertiary/aromatic N) is 5. The SMILES string of the molecule is N#Cc1nncn1Cc1csc(COc2ccc(F)cc2)n1. The second-order valence-electron chi connectivity index (χ2n) is 4.37. The predicted molar refractivity (Wildman–Crippen MR) is 76.7 cm³/mol. The van der Waals surface area contributed by atoms with E-state index in [0.29, 0.717) is 18.9 Å². The van der Waals surface area contributed by atoms with E-state index in [1.165, 1.54) is 29.8 Å². The Hall–Kier alpha value is -2.79. The first-order valence-electron chi connectivity index (χ1n) is 6.34. The molecular formula is C14H10FN5OS. The molecule has 0 saturated heterocycles. The van der Waals surface area contributed by atoms with E-state index in [2.05, 4.69) is 15.2 Å². The third-order valence-corrected chi connectivity index (χ3v) is 3.69. The van der Waals surface area contributed by atoms with Crippen molar-refractivity contribution in [1.29, 1.82) is 5.26 Å². The lowest BCUT2D eigenvalue weighted by atomic mass is 10.3. The van der Waals surface area contributed by atoms with Gasteiger partial charge in [-0.25, -0.2) is 9.37 Å². The fraction of sp³-hybridized carbons (Fsp3) is 0.143. The van der Waals surface area contributed by atoms with Crippen LogP contribution in [0, 0.1) is 17.1 Å². The van der Waals surface area contributed by atoms with Gasteiger partial charge >= 0.3 is 0 Å². The van der Waals surface area contributed by atoms with Crippen molar-refractivity contribution in [3.05, 3.63) is 58.3 Å². The maximum Gasteiger partial charge on any atom is 0.235 e. The zero-order valence-electron chi connectivity index (χ0n) is 11.3. The van der Waals surface area contributed by atoms with Crippen LogP contribution in [0.3, 0.4) is 0 Å². The Morgan fingerprint density at radius 3 is 2.91 bits per heavy atom. The minimum atomic E-state index is -0.300. The molecule has 0 aliphatic carbocycles. The predicted octanol–water partition coefficient (Wildman–Crippen LogP) is 2.37. The lowest BCUT2D eigenvalue weighted by Crippen LogP contribution is -2.02. The van der Waals surface area contributed by atoms with E-state index in [4.69, 9.17) is 10.00 Å². The van der Waals surface area contributed by atoms with Crippen LogP contribution in [-0.4, -0.2) is 19.7 Å². The number of rotatable bonds is 5. The van der Waals surface area contributed by atoms with Gasteiger partial charge in [0, 0.05) is 5.38 Å². The maximum absolute atomic E-state index is 12.8. The van der Waals surface area contributed by atoms with Crippen molar-refractivity contribution >= 4 is 11.3 Å². The monoisotopic (exact) mass is 315 g/mol. The van der Waals surface area contributed by atoms with Crippen LogP contribution in [0.15, 0.2) is 36.0 Å². The molecular weight excluding hydrogens is 305 g/mol. The lowest BCUT2D eigenvalue weighted by Gasteiger charge is -2.03. The third kappa shape index (κ3) is 3.27. The number of hydrogen-bond donors (Lipinski definition) is 0. The van der Waals surface area contributed by atoms with Gasteiger partial charge in [-0.2, -0.15) is 5.26 Å². The molecule has 110 valence electrons. The lowest BCUT2D eigenvalue weighted by molar-refractivity contribution is 0.305. The van der Waals surface area contributed by atoms with Gasteiger partial charge in [-0.3, -0.25) is 4.57 Å². The van der Waals surface area contributed by atoms with Crippen molar-refractivity contribution in [2.24, 2.45) is 0 Å². The number of benzene rings is 1. The van der Waals surface area contributed by atoms with Crippen molar-refractivity contribution in [3.8, 4) is 11.8 Å². The number of halogens is 1. The van der Waals surface area contributed by atoms with Crippen molar-refractivity contribution < 1.29 is 9.13 Å². The van der Waals surface area contributed by atoms with Gasteiger partial charge in [0.25, 0.3) is 0 Å². The first-order chi connectivity index (χ1) is 10.7. The van der Waals surface area contributed by atoms with Crippen LogP contribution >= 0.6 is 11.3 Å². The highest BCUT2D eigenvalue weighted by molar-refractivity contribution is 7.09. The van der Waals surface area contributed by atoms with Gasteiger partial charge in [0.15, 0.2) is 0 Å². The van der Waals surface area contributed by atoms with Gasteiger partial charge in [-0.15, -0.1) is 21.5 Å². The van der Waals surface area contributed by atoms with E-state index in [9.17, 15) is 4.39 Å². The fourth-order valence-corrected chi connectivity index (χ4v) is 2.49. The molecule has 3 aromatic rings. The highest BCUT2D eigenvalue weighted by Gasteiger charge is 2.07. The Morgan fingerprint density at radius 2 is 2.14 bits per heavy atom. The second kappa shape index (κ2) is 6.32. The van der Waals surface area contributed by atoms with Crippen LogP contribution < -0.4 is 4.74 Å². The molecule has 0 N–H and O–H groups in total. The minimum Gasteiger partial charge on any atom is -0.486 e. The molecule has 6 nitrogen and oxygen atoms in total. The maximum atomic E-state index is 12.8. The number of thiazole rings is 1. The molecule has 0 aliphatic heterocycles. The zero-order chi connectivity index (χ0) is 15.4. The van der Waals surface area contributed by atoms with Gasteiger partial charge in [-0.1, -0.05) is 0 Å². The molecule has 0 fully saturated rings. The van der Waals surface area contributed by atoms with Gasteiger partial charge in [0.05, 0.1) is 12.2 Å². The van der Waals surface area contributed by atoms with Gasteiger partial charge < -0.3 is 4.74 Å². The summed E-state index contributed by atoms with van der Waals surface area (Å²) < 4.78 is 20.0. The smallest absolute Gasteiger partial charge is 0.235 e. The zero-order valence-corrected chi connectivity index (χ0v) is 12.1.